The summed E-state index contributed by atoms with van der Waals surface area (Å²) >= 11 is 0. The Balaban J connectivity index is 1.53. The molecule has 0 radical (unpaired) electrons. The Morgan fingerprint density at radius 2 is 1.92 bits per heavy atom. The van der Waals surface area contributed by atoms with Gasteiger partial charge in [-0.15, -0.1) is 0 Å². The molecule has 0 amide bonds. The second-order valence-corrected chi connectivity index (χ2v) is 6.33. The molecular formula is C20H20FN3O2. The van der Waals surface area contributed by atoms with Crippen molar-refractivity contribution in [3.63, 3.8) is 0 Å². The third-order valence-corrected chi connectivity index (χ3v) is 4.40. The molecule has 3 aromatic rings. The maximum Gasteiger partial charge on any atom is 0.188 e. The Morgan fingerprint density at radius 3 is 2.65 bits per heavy atom. The summed E-state index contributed by atoms with van der Waals surface area (Å²) in [6.45, 7) is 2.33. The summed E-state index contributed by atoms with van der Waals surface area (Å²) in [6.07, 6.45) is 0.950. The van der Waals surface area contributed by atoms with Gasteiger partial charge in [-0.1, -0.05) is 30.3 Å². The van der Waals surface area contributed by atoms with Crippen molar-refractivity contribution in [2.24, 2.45) is 0 Å². The van der Waals surface area contributed by atoms with Crippen LogP contribution in [0.5, 0.6) is 5.75 Å². The van der Waals surface area contributed by atoms with Crippen molar-refractivity contribution >= 4 is 0 Å². The average molecular weight is 353 g/mol. The van der Waals surface area contributed by atoms with Gasteiger partial charge in [-0.25, -0.2) is 14.1 Å². The fourth-order valence-electron chi connectivity index (χ4n) is 3.06. The van der Waals surface area contributed by atoms with Crippen LogP contribution in [-0.4, -0.2) is 28.0 Å². The van der Waals surface area contributed by atoms with Crippen LogP contribution in [0.4, 0.5) is 4.39 Å². The van der Waals surface area contributed by atoms with Crippen molar-refractivity contribution in [3.8, 4) is 5.75 Å². The first-order chi connectivity index (χ1) is 12.8. The quantitative estimate of drug-likeness (QED) is 0.680. The number of rotatable bonds is 6. The molecule has 1 atom stereocenters. The number of aromatic nitrogens is 3. The first-order valence-corrected chi connectivity index (χ1v) is 8.71. The van der Waals surface area contributed by atoms with Crippen molar-refractivity contribution in [2.75, 3.05) is 13.2 Å². The van der Waals surface area contributed by atoms with E-state index in [-0.39, 0.29) is 18.3 Å². The fourth-order valence-corrected chi connectivity index (χ4v) is 3.06. The molecule has 0 spiro atoms. The van der Waals surface area contributed by atoms with Crippen LogP contribution in [0.3, 0.4) is 0 Å². The normalized spacial score (nSPS) is 16.7. The molecule has 2 heterocycles. The number of nitrogens with zero attached hydrogens (tertiary/aromatic N) is 3. The Morgan fingerprint density at radius 1 is 1.12 bits per heavy atom. The summed E-state index contributed by atoms with van der Waals surface area (Å²) in [4.78, 5) is 4.69. The largest absolute Gasteiger partial charge is 0.486 e. The van der Waals surface area contributed by atoms with E-state index in [0.717, 1.165) is 18.9 Å². The lowest BCUT2D eigenvalue weighted by atomic mass is 10.1. The van der Waals surface area contributed by atoms with Gasteiger partial charge in [0.15, 0.2) is 5.82 Å². The standard InChI is InChI=1S/C20H20FN3O2/c21-17-6-8-18(9-7-17)26-14-19-22-20(16-10-11-25-13-16)24(23-19)12-15-4-2-1-3-5-15/h1-9,16H,10-14H2/t16-/m0/s1. The van der Waals surface area contributed by atoms with E-state index in [1.807, 2.05) is 22.9 Å². The zero-order valence-electron chi connectivity index (χ0n) is 14.3. The first kappa shape index (κ1) is 16.7. The highest BCUT2D eigenvalue weighted by molar-refractivity contribution is 5.22. The summed E-state index contributed by atoms with van der Waals surface area (Å²) in [7, 11) is 0. The number of halogens is 1. The van der Waals surface area contributed by atoms with Gasteiger partial charge in [0.1, 0.15) is 24.0 Å². The van der Waals surface area contributed by atoms with Gasteiger partial charge < -0.3 is 9.47 Å². The second kappa shape index (κ2) is 7.66. The summed E-state index contributed by atoms with van der Waals surface area (Å²) in [5.41, 5.74) is 1.17. The molecule has 1 fully saturated rings. The molecule has 6 heteroatoms. The maximum atomic E-state index is 13.0. The molecule has 1 aliphatic heterocycles. The molecule has 0 saturated carbocycles. The molecule has 5 nitrogen and oxygen atoms in total. The molecule has 2 aromatic carbocycles. The maximum absolute atomic E-state index is 13.0. The molecule has 0 aliphatic carbocycles. The summed E-state index contributed by atoms with van der Waals surface area (Å²) in [5, 5.41) is 4.63. The number of hydrogen-bond donors (Lipinski definition) is 0. The minimum atomic E-state index is -0.286. The van der Waals surface area contributed by atoms with E-state index < -0.39 is 0 Å². The van der Waals surface area contributed by atoms with Crippen LogP contribution < -0.4 is 4.74 Å². The summed E-state index contributed by atoms with van der Waals surface area (Å²) < 4.78 is 26.1. The van der Waals surface area contributed by atoms with Crippen LogP contribution in [0.2, 0.25) is 0 Å². The third-order valence-electron chi connectivity index (χ3n) is 4.40. The van der Waals surface area contributed by atoms with Crippen molar-refractivity contribution in [3.05, 3.63) is 77.6 Å². The van der Waals surface area contributed by atoms with Crippen molar-refractivity contribution < 1.29 is 13.9 Å². The van der Waals surface area contributed by atoms with E-state index in [4.69, 9.17) is 14.5 Å². The highest BCUT2D eigenvalue weighted by atomic mass is 19.1. The van der Waals surface area contributed by atoms with E-state index in [0.29, 0.717) is 24.7 Å². The van der Waals surface area contributed by atoms with E-state index in [9.17, 15) is 4.39 Å². The van der Waals surface area contributed by atoms with Gasteiger partial charge in [-0.05, 0) is 36.2 Å². The molecule has 0 N–H and O–H groups in total. The van der Waals surface area contributed by atoms with Crippen LogP contribution in [0.15, 0.2) is 54.6 Å². The Bertz CT molecular complexity index is 843. The lowest BCUT2D eigenvalue weighted by molar-refractivity contribution is 0.192. The molecular weight excluding hydrogens is 333 g/mol. The van der Waals surface area contributed by atoms with Crippen LogP contribution in [0.1, 0.15) is 29.6 Å². The van der Waals surface area contributed by atoms with Crippen LogP contribution in [0, 0.1) is 5.82 Å². The molecule has 4 rings (SSSR count). The lowest BCUT2D eigenvalue weighted by Gasteiger charge is -2.09. The highest BCUT2D eigenvalue weighted by Gasteiger charge is 2.24. The molecule has 1 aromatic heterocycles. The van der Waals surface area contributed by atoms with E-state index in [2.05, 4.69) is 17.2 Å². The van der Waals surface area contributed by atoms with Gasteiger partial charge in [-0.2, -0.15) is 5.10 Å². The summed E-state index contributed by atoms with van der Waals surface area (Å²) in [6, 6.07) is 16.1. The lowest BCUT2D eigenvalue weighted by Crippen LogP contribution is -2.11. The van der Waals surface area contributed by atoms with E-state index in [1.165, 1.54) is 17.7 Å². The molecule has 26 heavy (non-hydrogen) atoms. The van der Waals surface area contributed by atoms with Gasteiger partial charge in [0.05, 0.1) is 13.2 Å². The van der Waals surface area contributed by atoms with Crippen LogP contribution >= 0.6 is 0 Å². The smallest absolute Gasteiger partial charge is 0.188 e. The zero-order valence-corrected chi connectivity index (χ0v) is 14.3. The third kappa shape index (κ3) is 3.91. The van der Waals surface area contributed by atoms with Gasteiger partial charge in [0.25, 0.3) is 0 Å². The monoisotopic (exact) mass is 353 g/mol. The highest BCUT2D eigenvalue weighted by Crippen LogP contribution is 2.24. The topological polar surface area (TPSA) is 49.2 Å². The SMILES string of the molecule is Fc1ccc(OCc2nc([C@H]3CCOC3)n(Cc3ccccc3)n2)cc1. The van der Waals surface area contributed by atoms with Gasteiger partial charge in [0, 0.05) is 12.5 Å². The minimum absolute atomic E-state index is 0.244. The summed E-state index contributed by atoms with van der Waals surface area (Å²) in [5.74, 6) is 2.12. The van der Waals surface area contributed by atoms with E-state index >= 15 is 0 Å². The Kier molecular flexibility index (Phi) is 4.93. The number of hydrogen-bond acceptors (Lipinski definition) is 4. The molecule has 134 valence electrons. The predicted molar refractivity (Wildman–Crippen MR) is 94.5 cm³/mol. The molecule has 0 unspecified atom stereocenters. The molecule has 0 bridgehead atoms. The Labute approximate surface area is 151 Å². The molecule has 1 aliphatic rings. The minimum Gasteiger partial charge on any atom is -0.486 e. The number of benzene rings is 2. The van der Waals surface area contributed by atoms with Gasteiger partial charge in [0.2, 0.25) is 0 Å². The second-order valence-electron chi connectivity index (χ2n) is 6.33. The fraction of sp³-hybridized carbons (Fsp3) is 0.300. The van der Waals surface area contributed by atoms with Crippen LogP contribution in [0.25, 0.3) is 0 Å². The van der Waals surface area contributed by atoms with Crippen molar-refractivity contribution in [1.82, 2.24) is 14.8 Å². The number of ether oxygens (including phenoxy) is 2. The predicted octanol–water partition coefficient (Wildman–Crippen LogP) is 3.55. The van der Waals surface area contributed by atoms with Crippen molar-refractivity contribution in [2.45, 2.75) is 25.5 Å². The molecule has 1 saturated heterocycles. The van der Waals surface area contributed by atoms with Gasteiger partial charge >= 0.3 is 0 Å². The average Bonchev–Trinajstić information content (AvgIpc) is 3.32. The van der Waals surface area contributed by atoms with Crippen LogP contribution in [-0.2, 0) is 17.9 Å². The van der Waals surface area contributed by atoms with Gasteiger partial charge in [-0.3, -0.25) is 0 Å². The van der Waals surface area contributed by atoms with E-state index in [1.54, 1.807) is 12.1 Å². The zero-order chi connectivity index (χ0) is 17.8. The first-order valence-electron chi connectivity index (χ1n) is 8.71. The van der Waals surface area contributed by atoms with Crippen molar-refractivity contribution in [1.29, 1.82) is 0 Å². The Hall–Kier alpha value is -2.73.